The molecule has 25 heavy (non-hydrogen) atoms. The molecule has 2 fully saturated rings. The molecule has 4 heterocycles. The molecule has 134 valence electrons. The summed E-state index contributed by atoms with van der Waals surface area (Å²) in [5, 5.41) is 15.3. The number of β-amino-alcohol motifs (C(OH)–C–C–N with tert-alkyl or cyclic N) is 1. The Labute approximate surface area is 147 Å². The topological polar surface area (TPSA) is 74.0 Å². The number of hydrogen-bond donors (Lipinski definition) is 1. The largest absolute Gasteiger partial charge is 0.387 e. The SMILES string of the molecule is Cc1cc(C)n2nc(C(=O)N3CCC(O)(CN4CCCC4)C3)cc2n1. The Kier molecular flexibility index (Phi) is 4.00. The van der Waals surface area contributed by atoms with E-state index in [1.165, 1.54) is 12.8 Å². The molecule has 7 heteroatoms. The van der Waals surface area contributed by atoms with Crippen LogP contribution in [0.4, 0.5) is 0 Å². The van der Waals surface area contributed by atoms with Crippen LogP contribution in [0, 0.1) is 13.8 Å². The van der Waals surface area contributed by atoms with Gasteiger partial charge in [0.15, 0.2) is 11.3 Å². The van der Waals surface area contributed by atoms with Crippen LogP contribution in [-0.2, 0) is 0 Å². The number of likely N-dealkylation sites (tertiary alicyclic amines) is 2. The Morgan fingerprint density at radius 3 is 2.76 bits per heavy atom. The molecule has 0 saturated carbocycles. The number of amides is 1. The van der Waals surface area contributed by atoms with Gasteiger partial charge in [-0.05, 0) is 52.3 Å². The Hall–Kier alpha value is -1.99. The minimum atomic E-state index is -0.802. The summed E-state index contributed by atoms with van der Waals surface area (Å²) in [7, 11) is 0. The molecule has 2 saturated heterocycles. The highest BCUT2D eigenvalue weighted by atomic mass is 16.3. The zero-order valence-electron chi connectivity index (χ0n) is 14.9. The molecule has 2 aromatic rings. The van der Waals surface area contributed by atoms with Crippen LogP contribution in [0.3, 0.4) is 0 Å². The fourth-order valence-corrected chi connectivity index (χ4v) is 4.07. The quantitative estimate of drug-likeness (QED) is 0.901. The van der Waals surface area contributed by atoms with Crippen LogP contribution in [0.15, 0.2) is 12.1 Å². The summed E-state index contributed by atoms with van der Waals surface area (Å²) in [5.41, 5.74) is 2.14. The smallest absolute Gasteiger partial charge is 0.274 e. The van der Waals surface area contributed by atoms with E-state index in [4.69, 9.17) is 0 Å². The molecule has 2 aliphatic rings. The molecule has 1 N–H and O–H groups in total. The number of nitrogens with zero attached hydrogens (tertiary/aromatic N) is 5. The zero-order chi connectivity index (χ0) is 17.6. The molecule has 0 aromatic carbocycles. The molecular weight excluding hydrogens is 318 g/mol. The van der Waals surface area contributed by atoms with Crippen molar-refractivity contribution in [3.05, 3.63) is 29.2 Å². The van der Waals surface area contributed by atoms with Gasteiger partial charge in [0.1, 0.15) is 0 Å². The number of fused-ring (bicyclic) bond motifs is 1. The number of carbonyl (C=O) groups excluding carboxylic acids is 1. The summed E-state index contributed by atoms with van der Waals surface area (Å²) in [6, 6.07) is 3.68. The third-order valence-corrected chi connectivity index (χ3v) is 5.29. The number of rotatable bonds is 3. The second-order valence-electron chi connectivity index (χ2n) is 7.52. The van der Waals surface area contributed by atoms with E-state index in [-0.39, 0.29) is 5.91 Å². The van der Waals surface area contributed by atoms with Gasteiger partial charge in [-0.3, -0.25) is 4.79 Å². The van der Waals surface area contributed by atoms with Gasteiger partial charge in [-0.15, -0.1) is 0 Å². The van der Waals surface area contributed by atoms with E-state index >= 15 is 0 Å². The molecule has 1 atom stereocenters. The van der Waals surface area contributed by atoms with Crippen LogP contribution in [0.2, 0.25) is 0 Å². The number of carbonyl (C=O) groups is 1. The maximum Gasteiger partial charge on any atom is 0.274 e. The molecule has 0 aliphatic carbocycles. The van der Waals surface area contributed by atoms with Gasteiger partial charge in [0, 0.05) is 30.5 Å². The normalized spacial score (nSPS) is 24.5. The van der Waals surface area contributed by atoms with Gasteiger partial charge in [-0.2, -0.15) is 5.10 Å². The molecular formula is C18H25N5O2. The third-order valence-electron chi connectivity index (χ3n) is 5.29. The van der Waals surface area contributed by atoms with Gasteiger partial charge < -0.3 is 14.9 Å². The van der Waals surface area contributed by atoms with E-state index < -0.39 is 5.60 Å². The van der Waals surface area contributed by atoms with E-state index in [9.17, 15) is 9.90 Å². The predicted molar refractivity (Wildman–Crippen MR) is 93.6 cm³/mol. The molecule has 2 aliphatic heterocycles. The van der Waals surface area contributed by atoms with E-state index in [0.717, 1.165) is 24.5 Å². The molecule has 2 aromatic heterocycles. The van der Waals surface area contributed by atoms with Crippen molar-refractivity contribution in [3.63, 3.8) is 0 Å². The number of aromatic nitrogens is 3. The Balaban J connectivity index is 1.50. The fraction of sp³-hybridized carbons (Fsp3) is 0.611. The van der Waals surface area contributed by atoms with Crippen molar-refractivity contribution >= 4 is 11.6 Å². The molecule has 1 unspecified atom stereocenters. The van der Waals surface area contributed by atoms with Crippen LogP contribution >= 0.6 is 0 Å². The van der Waals surface area contributed by atoms with Gasteiger partial charge >= 0.3 is 0 Å². The maximum absolute atomic E-state index is 12.8. The predicted octanol–water partition coefficient (Wildman–Crippen LogP) is 1.02. The lowest BCUT2D eigenvalue weighted by atomic mass is 10.0. The molecule has 0 radical (unpaired) electrons. The minimum Gasteiger partial charge on any atom is -0.387 e. The van der Waals surface area contributed by atoms with Crippen molar-refractivity contribution in [1.82, 2.24) is 24.4 Å². The van der Waals surface area contributed by atoms with Crippen LogP contribution < -0.4 is 0 Å². The van der Waals surface area contributed by atoms with Gasteiger partial charge in [0.2, 0.25) is 0 Å². The van der Waals surface area contributed by atoms with Crippen LogP contribution in [-0.4, -0.2) is 73.7 Å². The summed E-state index contributed by atoms with van der Waals surface area (Å²) in [5.74, 6) is -0.125. The first kappa shape index (κ1) is 16.5. The molecule has 0 spiro atoms. The van der Waals surface area contributed by atoms with E-state index in [1.54, 1.807) is 15.5 Å². The summed E-state index contributed by atoms with van der Waals surface area (Å²) >= 11 is 0. The first-order valence-electron chi connectivity index (χ1n) is 9.02. The van der Waals surface area contributed by atoms with Crippen LogP contribution in [0.5, 0.6) is 0 Å². The van der Waals surface area contributed by atoms with E-state index in [1.807, 2.05) is 19.9 Å². The van der Waals surface area contributed by atoms with E-state index in [2.05, 4.69) is 15.0 Å². The standard InChI is InChI=1S/C18H25N5O2/c1-13-9-14(2)23-16(19-13)10-15(20-23)17(24)22-8-5-18(25,12-22)11-21-6-3-4-7-21/h9-10,25H,3-8,11-12H2,1-2H3. The van der Waals surface area contributed by atoms with Crippen molar-refractivity contribution in [1.29, 1.82) is 0 Å². The molecule has 4 rings (SSSR count). The van der Waals surface area contributed by atoms with Crippen molar-refractivity contribution < 1.29 is 9.90 Å². The highest BCUT2D eigenvalue weighted by Crippen LogP contribution is 2.25. The summed E-state index contributed by atoms with van der Waals surface area (Å²) in [6.45, 7) is 7.58. The lowest BCUT2D eigenvalue weighted by Gasteiger charge is -2.28. The first-order valence-corrected chi connectivity index (χ1v) is 9.02. The van der Waals surface area contributed by atoms with E-state index in [0.29, 0.717) is 37.4 Å². The average molecular weight is 343 g/mol. The lowest BCUT2D eigenvalue weighted by Crippen LogP contribution is -2.45. The van der Waals surface area contributed by atoms with Gasteiger partial charge in [-0.25, -0.2) is 9.50 Å². The fourth-order valence-electron chi connectivity index (χ4n) is 4.07. The number of hydrogen-bond acceptors (Lipinski definition) is 5. The summed E-state index contributed by atoms with van der Waals surface area (Å²) in [4.78, 5) is 21.3. The second kappa shape index (κ2) is 6.07. The molecule has 1 amide bonds. The average Bonchev–Trinajstić information content (AvgIpc) is 3.26. The Morgan fingerprint density at radius 1 is 1.24 bits per heavy atom. The van der Waals surface area contributed by atoms with Crippen molar-refractivity contribution in [3.8, 4) is 0 Å². The third kappa shape index (κ3) is 3.14. The van der Waals surface area contributed by atoms with Gasteiger partial charge in [0.05, 0.1) is 12.1 Å². The van der Waals surface area contributed by atoms with Crippen molar-refractivity contribution in [2.75, 3.05) is 32.7 Å². The summed E-state index contributed by atoms with van der Waals surface area (Å²) < 4.78 is 1.70. The van der Waals surface area contributed by atoms with Crippen LogP contribution in [0.25, 0.3) is 5.65 Å². The Morgan fingerprint density at radius 2 is 2.00 bits per heavy atom. The maximum atomic E-state index is 12.8. The summed E-state index contributed by atoms with van der Waals surface area (Å²) in [6.07, 6.45) is 3.02. The van der Waals surface area contributed by atoms with Crippen molar-refractivity contribution in [2.45, 2.75) is 38.7 Å². The van der Waals surface area contributed by atoms with Gasteiger partial charge in [0.25, 0.3) is 5.91 Å². The monoisotopic (exact) mass is 343 g/mol. The highest BCUT2D eigenvalue weighted by Gasteiger charge is 2.40. The highest BCUT2D eigenvalue weighted by molar-refractivity contribution is 5.93. The number of aryl methyl sites for hydroxylation is 2. The second-order valence-corrected chi connectivity index (χ2v) is 7.52. The first-order chi connectivity index (χ1) is 11.9. The zero-order valence-corrected chi connectivity index (χ0v) is 14.9. The minimum absolute atomic E-state index is 0.125. The van der Waals surface area contributed by atoms with Gasteiger partial charge in [-0.1, -0.05) is 0 Å². The molecule has 7 nitrogen and oxygen atoms in total. The Bertz CT molecular complexity index is 811. The number of aliphatic hydroxyl groups is 1. The van der Waals surface area contributed by atoms with Crippen LogP contribution in [0.1, 0.15) is 41.1 Å². The molecule has 0 bridgehead atoms. The van der Waals surface area contributed by atoms with Crippen molar-refractivity contribution in [2.24, 2.45) is 0 Å². The lowest BCUT2D eigenvalue weighted by molar-refractivity contribution is 0.0175.